The predicted octanol–water partition coefficient (Wildman–Crippen LogP) is 4.87. The van der Waals surface area contributed by atoms with Gasteiger partial charge in [-0.3, -0.25) is 4.79 Å². The summed E-state index contributed by atoms with van der Waals surface area (Å²) < 4.78 is 25.8. The normalized spacial score (nSPS) is 15.4. The highest BCUT2D eigenvalue weighted by molar-refractivity contribution is 7.20. The van der Waals surface area contributed by atoms with Crippen molar-refractivity contribution in [2.24, 2.45) is 0 Å². The van der Waals surface area contributed by atoms with Gasteiger partial charge >= 0.3 is 0 Å². The van der Waals surface area contributed by atoms with Crippen LogP contribution in [-0.2, 0) is 0 Å². The number of nitrogens with zero attached hydrogens (tertiary/aromatic N) is 2. The van der Waals surface area contributed by atoms with Crippen molar-refractivity contribution >= 4 is 38.4 Å². The number of furan rings is 1. The van der Waals surface area contributed by atoms with E-state index in [1.807, 2.05) is 24.3 Å². The van der Waals surface area contributed by atoms with Gasteiger partial charge in [0.2, 0.25) is 0 Å². The Bertz CT molecular complexity index is 1130. The Balaban J connectivity index is 1.23. The lowest BCUT2D eigenvalue weighted by atomic mass is 10.1. The Morgan fingerprint density at radius 1 is 1.18 bits per heavy atom. The molecule has 0 saturated carbocycles. The smallest absolute Gasteiger partial charge is 0.289 e. The van der Waals surface area contributed by atoms with E-state index in [0.717, 1.165) is 34.0 Å². The van der Waals surface area contributed by atoms with Gasteiger partial charge in [0, 0.05) is 31.3 Å². The lowest BCUT2D eigenvalue weighted by Gasteiger charge is -2.31. The van der Waals surface area contributed by atoms with Gasteiger partial charge in [-0.15, -0.1) is 0 Å². The zero-order valence-electron chi connectivity index (χ0n) is 14.9. The van der Waals surface area contributed by atoms with Crippen LogP contribution in [0.4, 0.5) is 4.39 Å². The average Bonchev–Trinajstić information content (AvgIpc) is 3.31. The van der Waals surface area contributed by atoms with Crippen molar-refractivity contribution in [3.8, 4) is 5.19 Å². The molecule has 2 aromatic carbocycles. The Labute approximate surface area is 164 Å². The Hall–Kier alpha value is -2.93. The Morgan fingerprint density at radius 2 is 2.00 bits per heavy atom. The number of hydrogen-bond acceptors (Lipinski definition) is 5. The fourth-order valence-corrected chi connectivity index (χ4v) is 4.40. The number of amides is 1. The van der Waals surface area contributed by atoms with Crippen LogP contribution in [0.2, 0.25) is 0 Å². The van der Waals surface area contributed by atoms with E-state index in [9.17, 15) is 9.18 Å². The highest BCUT2D eigenvalue weighted by atomic mass is 32.1. The molecular weight excluding hydrogens is 379 g/mol. The molecule has 1 aliphatic heterocycles. The maximum absolute atomic E-state index is 13.3. The van der Waals surface area contributed by atoms with Crippen LogP contribution in [0.1, 0.15) is 23.4 Å². The van der Waals surface area contributed by atoms with Crippen molar-refractivity contribution in [1.82, 2.24) is 9.88 Å². The molecule has 0 unspecified atom stereocenters. The number of para-hydroxylation sites is 1. The number of benzene rings is 2. The quantitative estimate of drug-likeness (QED) is 0.496. The largest absolute Gasteiger partial charge is 0.467 e. The second-order valence-electron chi connectivity index (χ2n) is 6.85. The number of thiazole rings is 1. The SMILES string of the molecule is O=C(c1cc2ccccc2o1)N1CCC(Oc2nc3ccc(F)cc3s2)CC1. The molecule has 0 bridgehead atoms. The number of hydrogen-bond donors (Lipinski definition) is 0. The molecule has 1 fully saturated rings. The van der Waals surface area contributed by atoms with Crippen LogP contribution >= 0.6 is 11.3 Å². The molecule has 28 heavy (non-hydrogen) atoms. The summed E-state index contributed by atoms with van der Waals surface area (Å²) >= 11 is 1.34. The van der Waals surface area contributed by atoms with Crippen molar-refractivity contribution < 1.29 is 18.3 Å². The van der Waals surface area contributed by atoms with Crippen LogP contribution in [0.15, 0.2) is 52.9 Å². The van der Waals surface area contributed by atoms with E-state index in [0.29, 0.717) is 24.0 Å². The second-order valence-corrected chi connectivity index (χ2v) is 7.84. The highest BCUT2D eigenvalue weighted by Gasteiger charge is 2.27. The molecule has 142 valence electrons. The third-order valence-corrected chi connectivity index (χ3v) is 5.87. The molecule has 7 heteroatoms. The number of fused-ring (bicyclic) bond motifs is 2. The third-order valence-electron chi connectivity index (χ3n) is 4.96. The fourth-order valence-electron chi connectivity index (χ4n) is 3.49. The summed E-state index contributed by atoms with van der Waals surface area (Å²) in [5, 5.41) is 1.47. The number of likely N-dealkylation sites (tertiary alicyclic amines) is 1. The summed E-state index contributed by atoms with van der Waals surface area (Å²) in [4.78, 5) is 18.9. The third kappa shape index (κ3) is 3.22. The molecule has 3 heterocycles. The Morgan fingerprint density at radius 3 is 2.82 bits per heavy atom. The number of piperidine rings is 1. The molecule has 1 amide bonds. The summed E-state index contributed by atoms with van der Waals surface area (Å²) in [5.74, 6) is -0.000937. The minimum Gasteiger partial charge on any atom is -0.467 e. The number of carbonyl (C=O) groups excluding carboxylic acids is 1. The van der Waals surface area contributed by atoms with Gasteiger partial charge in [-0.05, 0) is 30.3 Å². The van der Waals surface area contributed by atoms with Crippen molar-refractivity contribution in [3.63, 3.8) is 0 Å². The first-order valence-electron chi connectivity index (χ1n) is 9.16. The van der Waals surface area contributed by atoms with E-state index in [1.165, 1.54) is 23.5 Å². The summed E-state index contributed by atoms with van der Waals surface area (Å²) in [7, 11) is 0. The second kappa shape index (κ2) is 6.91. The topological polar surface area (TPSA) is 55.6 Å². The molecule has 2 aromatic heterocycles. The van der Waals surface area contributed by atoms with Crippen molar-refractivity contribution in [2.75, 3.05) is 13.1 Å². The van der Waals surface area contributed by atoms with Crippen LogP contribution in [0.5, 0.6) is 5.19 Å². The molecule has 0 aliphatic carbocycles. The van der Waals surface area contributed by atoms with E-state index < -0.39 is 0 Å². The van der Waals surface area contributed by atoms with Gasteiger partial charge in [0.15, 0.2) is 5.76 Å². The lowest BCUT2D eigenvalue weighted by Crippen LogP contribution is -2.41. The van der Waals surface area contributed by atoms with Gasteiger partial charge < -0.3 is 14.1 Å². The van der Waals surface area contributed by atoms with Crippen LogP contribution in [0.25, 0.3) is 21.2 Å². The molecule has 0 radical (unpaired) electrons. The van der Waals surface area contributed by atoms with Gasteiger partial charge in [-0.25, -0.2) is 9.37 Å². The van der Waals surface area contributed by atoms with Gasteiger partial charge in [0.1, 0.15) is 17.5 Å². The zero-order valence-corrected chi connectivity index (χ0v) is 15.7. The maximum Gasteiger partial charge on any atom is 0.289 e. The molecule has 0 N–H and O–H groups in total. The molecule has 5 nitrogen and oxygen atoms in total. The van der Waals surface area contributed by atoms with Gasteiger partial charge in [0.25, 0.3) is 11.1 Å². The van der Waals surface area contributed by atoms with Gasteiger partial charge in [-0.2, -0.15) is 0 Å². The van der Waals surface area contributed by atoms with E-state index in [1.54, 1.807) is 17.0 Å². The number of aromatic nitrogens is 1. The van der Waals surface area contributed by atoms with Crippen molar-refractivity contribution in [3.05, 3.63) is 60.1 Å². The number of halogens is 1. The first-order chi connectivity index (χ1) is 13.7. The maximum atomic E-state index is 13.3. The summed E-state index contributed by atoms with van der Waals surface area (Å²) in [6.45, 7) is 1.19. The lowest BCUT2D eigenvalue weighted by molar-refractivity contribution is 0.0569. The molecule has 0 atom stereocenters. The molecule has 0 spiro atoms. The molecule has 1 saturated heterocycles. The summed E-state index contributed by atoms with van der Waals surface area (Å²) in [6, 6.07) is 13.9. The van der Waals surface area contributed by atoms with Gasteiger partial charge in [-0.1, -0.05) is 29.5 Å². The average molecular weight is 396 g/mol. The molecular formula is C21H17FN2O3S. The van der Waals surface area contributed by atoms with Crippen LogP contribution < -0.4 is 4.74 Å². The first-order valence-corrected chi connectivity index (χ1v) is 9.98. The first kappa shape index (κ1) is 17.2. The van der Waals surface area contributed by atoms with Crippen molar-refractivity contribution in [2.45, 2.75) is 18.9 Å². The van der Waals surface area contributed by atoms with E-state index in [4.69, 9.17) is 9.15 Å². The minimum atomic E-state index is -0.278. The monoisotopic (exact) mass is 396 g/mol. The predicted molar refractivity (Wildman–Crippen MR) is 105 cm³/mol. The molecule has 4 aromatic rings. The van der Waals surface area contributed by atoms with Crippen molar-refractivity contribution in [1.29, 1.82) is 0 Å². The number of rotatable bonds is 3. The molecule has 1 aliphatic rings. The van der Waals surface area contributed by atoms with E-state index >= 15 is 0 Å². The zero-order chi connectivity index (χ0) is 19.1. The fraction of sp³-hybridized carbons (Fsp3) is 0.238. The summed E-state index contributed by atoms with van der Waals surface area (Å²) in [6.07, 6.45) is 1.43. The van der Waals surface area contributed by atoms with E-state index in [2.05, 4.69) is 4.98 Å². The minimum absolute atomic E-state index is 0.00914. The highest BCUT2D eigenvalue weighted by Crippen LogP contribution is 2.30. The van der Waals surface area contributed by atoms with E-state index in [-0.39, 0.29) is 17.8 Å². The summed E-state index contributed by atoms with van der Waals surface area (Å²) in [5.41, 5.74) is 1.45. The van der Waals surface area contributed by atoms with Crippen LogP contribution in [0, 0.1) is 5.82 Å². The molecule has 5 rings (SSSR count). The van der Waals surface area contributed by atoms with Gasteiger partial charge in [0.05, 0.1) is 10.2 Å². The standard InChI is InChI=1S/C21H17FN2O3S/c22-14-5-6-16-19(12-14)28-21(23-16)26-15-7-9-24(10-8-15)20(25)18-11-13-3-1-2-4-17(13)27-18/h1-6,11-12,15H,7-10H2. The number of carbonyl (C=O) groups is 1. The van der Waals surface area contributed by atoms with Crippen LogP contribution in [-0.4, -0.2) is 35.0 Å². The number of ether oxygens (including phenoxy) is 1. The van der Waals surface area contributed by atoms with Crippen LogP contribution in [0.3, 0.4) is 0 Å². The Kier molecular flexibility index (Phi) is 4.24.